The van der Waals surface area contributed by atoms with Crippen LogP contribution in [0, 0.1) is 5.41 Å². The van der Waals surface area contributed by atoms with Gasteiger partial charge in [-0.2, -0.15) is 0 Å². The molecular formula is C24H39IO2. The first-order chi connectivity index (χ1) is 12.8. The maximum Gasteiger partial charge on any atom is 0.125 e. The highest BCUT2D eigenvalue weighted by Crippen LogP contribution is 2.49. The van der Waals surface area contributed by atoms with Crippen molar-refractivity contribution in [2.45, 2.75) is 108 Å². The summed E-state index contributed by atoms with van der Waals surface area (Å²) in [5.74, 6) is 0.602. The average Bonchev–Trinajstić information content (AvgIpc) is 3.36. The van der Waals surface area contributed by atoms with Gasteiger partial charge in [0.1, 0.15) is 11.5 Å². The molecule has 27 heavy (non-hydrogen) atoms. The number of aryl methyl sites for hydroxylation is 1. The Bertz CT molecular complexity index is 590. The van der Waals surface area contributed by atoms with Gasteiger partial charge >= 0.3 is 0 Å². The smallest absolute Gasteiger partial charge is 0.125 e. The van der Waals surface area contributed by atoms with Crippen molar-refractivity contribution in [3.05, 3.63) is 23.3 Å². The van der Waals surface area contributed by atoms with Crippen LogP contribution in [0.3, 0.4) is 0 Å². The summed E-state index contributed by atoms with van der Waals surface area (Å²) in [5.41, 5.74) is 2.21. The topological polar surface area (TPSA) is 40.5 Å². The Kier molecular flexibility index (Phi) is 8.76. The van der Waals surface area contributed by atoms with Gasteiger partial charge in [-0.05, 0) is 68.4 Å². The lowest BCUT2D eigenvalue weighted by Crippen LogP contribution is -2.08. The van der Waals surface area contributed by atoms with Crippen molar-refractivity contribution < 1.29 is 10.2 Å². The van der Waals surface area contributed by atoms with E-state index in [0.29, 0.717) is 14.6 Å². The Morgan fingerprint density at radius 1 is 0.963 bits per heavy atom. The summed E-state index contributed by atoms with van der Waals surface area (Å²) in [4.78, 5) is 0. The molecule has 0 unspecified atom stereocenters. The van der Waals surface area contributed by atoms with Crippen molar-refractivity contribution in [3.63, 3.8) is 0 Å². The third-order valence-corrected chi connectivity index (χ3v) is 8.06. The first-order valence-corrected chi connectivity index (χ1v) is 12.1. The van der Waals surface area contributed by atoms with Gasteiger partial charge in [-0.1, -0.05) is 81.5 Å². The van der Waals surface area contributed by atoms with Gasteiger partial charge in [0.25, 0.3) is 0 Å². The first kappa shape index (κ1) is 22.8. The van der Waals surface area contributed by atoms with Gasteiger partial charge in [0.05, 0.1) is 0 Å². The van der Waals surface area contributed by atoms with Gasteiger partial charge in [-0.15, -0.1) is 0 Å². The van der Waals surface area contributed by atoms with Gasteiger partial charge in [0, 0.05) is 8.99 Å². The molecule has 1 aliphatic carbocycles. The lowest BCUT2D eigenvalue weighted by atomic mass is 9.84. The van der Waals surface area contributed by atoms with Crippen LogP contribution in [-0.2, 0) is 12.8 Å². The zero-order chi connectivity index (χ0) is 19.9. The van der Waals surface area contributed by atoms with E-state index >= 15 is 0 Å². The normalized spacial score (nSPS) is 15.9. The van der Waals surface area contributed by atoms with Crippen molar-refractivity contribution >= 4 is 22.6 Å². The molecule has 1 aromatic carbocycles. The van der Waals surface area contributed by atoms with Crippen LogP contribution in [0.5, 0.6) is 11.5 Å². The van der Waals surface area contributed by atoms with Crippen molar-refractivity contribution in [2.24, 2.45) is 5.41 Å². The molecule has 0 atom stereocenters. The lowest BCUT2D eigenvalue weighted by Gasteiger charge is -2.22. The summed E-state index contributed by atoms with van der Waals surface area (Å²) in [7, 11) is 0. The van der Waals surface area contributed by atoms with E-state index < -0.39 is 0 Å². The highest BCUT2D eigenvalue weighted by molar-refractivity contribution is 14.1. The third-order valence-electron chi connectivity index (χ3n) is 6.44. The summed E-state index contributed by atoms with van der Waals surface area (Å²) in [6.07, 6.45) is 15.3. The summed E-state index contributed by atoms with van der Waals surface area (Å²) >= 11 is 2.61. The Morgan fingerprint density at radius 3 is 2.30 bits per heavy atom. The maximum absolute atomic E-state index is 10.6. The minimum atomic E-state index is 0.258. The van der Waals surface area contributed by atoms with E-state index in [2.05, 4.69) is 43.4 Å². The molecule has 1 aromatic rings. The predicted octanol–water partition coefficient (Wildman–Crippen LogP) is 7.71. The fraction of sp³-hybridized carbons (Fsp3) is 0.750. The Morgan fingerprint density at radius 2 is 1.63 bits per heavy atom. The molecule has 0 amide bonds. The van der Waals surface area contributed by atoms with Gasteiger partial charge in [0.15, 0.2) is 0 Å². The second-order valence-corrected chi connectivity index (χ2v) is 11.6. The molecule has 2 nitrogen and oxygen atoms in total. The van der Waals surface area contributed by atoms with Crippen LogP contribution in [0.4, 0.5) is 0 Å². The van der Waals surface area contributed by atoms with Gasteiger partial charge < -0.3 is 10.2 Å². The Hall–Kier alpha value is -0.450. The average molecular weight is 486 g/mol. The van der Waals surface area contributed by atoms with Crippen molar-refractivity contribution in [2.75, 3.05) is 0 Å². The standard InChI is InChI=1S/C24H39IO2/c1-4-23(2,3)15-9-5-7-11-19-13-14-21(26)20(22(19)27)12-8-6-10-16-24(25)17-18-24/h13-14,26-27H,4-12,15-18H2,1-3H3. The molecule has 0 saturated heterocycles. The number of benzene rings is 1. The summed E-state index contributed by atoms with van der Waals surface area (Å²) < 4.78 is 0.605. The summed E-state index contributed by atoms with van der Waals surface area (Å²) in [6, 6.07) is 3.67. The number of rotatable bonds is 13. The van der Waals surface area contributed by atoms with Crippen LogP contribution in [0.15, 0.2) is 12.1 Å². The van der Waals surface area contributed by atoms with Crippen molar-refractivity contribution in [3.8, 4) is 11.5 Å². The molecular weight excluding hydrogens is 447 g/mol. The Labute approximate surface area is 180 Å². The quantitative estimate of drug-likeness (QED) is 0.170. The van der Waals surface area contributed by atoms with Gasteiger partial charge in [-0.3, -0.25) is 0 Å². The largest absolute Gasteiger partial charge is 0.508 e. The molecule has 0 aromatic heterocycles. The van der Waals surface area contributed by atoms with Crippen LogP contribution < -0.4 is 0 Å². The number of aromatic hydroxyl groups is 2. The molecule has 3 heteroatoms. The molecule has 2 N–H and O–H groups in total. The highest BCUT2D eigenvalue weighted by atomic mass is 127. The molecule has 0 aliphatic heterocycles. The minimum absolute atomic E-state index is 0.258. The zero-order valence-electron chi connectivity index (χ0n) is 17.6. The predicted molar refractivity (Wildman–Crippen MR) is 124 cm³/mol. The van der Waals surface area contributed by atoms with Crippen LogP contribution in [0.25, 0.3) is 0 Å². The SMILES string of the molecule is CCC(C)(C)CCCCCc1ccc(O)c(CCCCCC2(I)CC2)c1O. The molecule has 1 saturated carbocycles. The number of alkyl halides is 1. The van der Waals surface area contributed by atoms with Crippen LogP contribution in [0.2, 0.25) is 0 Å². The first-order valence-electron chi connectivity index (χ1n) is 11.0. The minimum Gasteiger partial charge on any atom is -0.508 e. The summed E-state index contributed by atoms with van der Waals surface area (Å²) in [5, 5.41) is 20.8. The van der Waals surface area contributed by atoms with Crippen LogP contribution in [0.1, 0.15) is 103 Å². The molecule has 1 aliphatic rings. The van der Waals surface area contributed by atoms with E-state index in [-0.39, 0.29) is 5.75 Å². The second kappa shape index (κ2) is 10.4. The number of phenols is 2. The number of unbranched alkanes of at least 4 members (excludes halogenated alkanes) is 4. The number of hydrogen-bond donors (Lipinski definition) is 2. The molecule has 154 valence electrons. The van der Waals surface area contributed by atoms with E-state index in [1.54, 1.807) is 6.07 Å². The van der Waals surface area contributed by atoms with E-state index in [0.717, 1.165) is 36.8 Å². The van der Waals surface area contributed by atoms with Crippen molar-refractivity contribution in [1.29, 1.82) is 0 Å². The van der Waals surface area contributed by atoms with Crippen molar-refractivity contribution in [1.82, 2.24) is 0 Å². The molecule has 0 heterocycles. The third kappa shape index (κ3) is 7.83. The molecule has 0 spiro atoms. The summed E-state index contributed by atoms with van der Waals surface area (Å²) in [6.45, 7) is 6.95. The lowest BCUT2D eigenvalue weighted by molar-refractivity contribution is 0.308. The molecule has 0 bridgehead atoms. The highest BCUT2D eigenvalue weighted by Gasteiger charge is 2.38. The van der Waals surface area contributed by atoms with E-state index in [4.69, 9.17) is 0 Å². The number of halogens is 1. The van der Waals surface area contributed by atoms with E-state index in [9.17, 15) is 10.2 Å². The monoisotopic (exact) mass is 486 g/mol. The van der Waals surface area contributed by atoms with Gasteiger partial charge in [-0.25, -0.2) is 0 Å². The van der Waals surface area contributed by atoms with E-state index in [1.807, 2.05) is 6.07 Å². The Balaban J connectivity index is 1.74. The second-order valence-electron chi connectivity index (χ2n) is 9.36. The fourth-order valence-corrected chi connectivity index (χ4v) is 4.35. The van der Waals surface area contributed by atoms with E-state index in [1.165, 1.54) is 57.8 Å². The van der Waals surface area contributed by atoms with Crippen LogP contribution >= 0.6 is 22.6 Å². The number of phenolic OH excluding ortho intramolecular Hbond substituents is 2. The fourth-order valence-electron chi connectivity index (χ4n) is 3.70. The maximum atomic E-state index is 10.6. The van der Waals surface area contributed by atoms with Crippen LogP contribution in [-0.4, -0.2) is 13.6 Å². The number of hydrogen-bond acceptors (Lipinski definition) is 2. The van der Waals surface area contributed by atoms with Gasteiger partial charge in [0.2, 0.25) is 0 Å². The molecule has 2 rings (SSSR count). The molecule has 1 fully saturated rings. The zero-order valence-corrected chi connectivity index (χ0v) is 19.8. The molecule has 0 radical (unpaired) electrons.